The number of likely N-dealkylation sites (tertiary alicyclic amines) is 1. The van der Waals surface area contributed by atoms with Crippen LogP contribution in [0, 0.1) is 5.92 Å². The molecule has 0 saturated carbocycles. The molecule has 2 atom stereocenters. The van der Waals surface area contributed by atoms with Gasteiger partial charge >= 0.3 is 0 Å². The van der Waals surface area contributed by atoms with Crippen molar-refractivity contribution in [1.29, 1.82) is 0 Å². The lowest BCUT2D eigenvalue weighted by atomic mass is 9.93. The van der Waals surface area contributed by atoms with Gasteiger partial charge in [0.05, 0.1) is 18.9 Å². The van der Waals surface area contributed by atoms with Gasteiger partial charge in [0.15, 0.2) is 5.96 Å². The van der Waals surface area contributed by atoms with Crippen molar-refractivity contribution in [3.05, 3.63) is 29.8 Å². The van der Waals surface area contributed by atoms with Crippen molar-refractivity contribution in [3.63, 3.8) is 0 Å². The van der Waals surface area contributed by atoms with Gasteiger partial charge in [0.1, 0.15) is 0 Å². The third-order valence-electron chi connectivity index (χ3n) is 3.86. The average molecular weight is 482 g/mol. The second kappa shape index (κ2) is 9.54. The summed E-state index contributed by atoms with van der Waals surface area (Å²) in [7, 11) is 0. The Labute approximate surface area is 158 Å². The van der Waals surface area contributed by atoms with E-state index in [4.69, 9.17) is 0 Å². The molecular weight excluding hydrogens is 457 g/mol. The molecule has 1 aromatic heterocycles. The van der Waals surface area contributed by atoms with Gasteiger partial charge in [-0.2, -0.15) is 0 Å². The lowest BCUT2D eigenvalue weighted by Gasteiger charge is -2.39. The molecule has 22 heavy (non-hydrogen) atoms. The van der Waals surface area contributed by atoms with Gasteiger partial charge in [0, 0.05) is 36.5 Å². The maximum atomic E-state index is 4.64. The van der Waals surface area contributed by atoms with E-state index in [1.54, 1.807) is 0 Å². The van der Waals surface area contributed by atoms with E-state index in [-0.39, 0.29) is 24.0 Å². The van der Waals surface area contributed by atoms with Gasteiger partial charge in [-0.05, 0) is 19.3 Å². The van der Waals surface area contributed by atoms with Crippen molar-refractivity contribution in [1.82, 2.24) is 19.8 Å². The second-order valence-electron chi connectivity index (χ2n) is 5.48. The van der Waals surface area contributed by atoms with Crippen LogP contribution in [0.25, 0.3) is 0 Å². The van der Waals surface area contributed by atoms with E-state index in [1.165, 1.54) is 0 Å². The van der Waals surface area contributed by atoms with Gasteiger partial charge in [0.25, 0.3) is 0 Å². The Bertz CT molecular complexity index is 488. The molecule has 1 aliphatic heterocycles. The maximum absolute atomic E-state index is 4.64. The summed E-state index contributed by atoms with van der Waals surface area (Å²) >= 11 is 3.37. The number of nitrogens with one attached hydrogen (secondary N) is 1. The van der Waals surface area contributed by atoms with Crippen molar-refractivity contribution < 1.29 is 0 Å². The first kappa shape index (κ1) is 19.5. The molecule has 2 rings (SSSR count). The number of guanidine groups is 1. The standard InChI is InChI=1S/C15H24BrN5.HI/c1-4-18-15(19-9-13(3)16)20-7-5-12(2)14(10-20)21-8-6-17-11-21;/h6,8,11-12,14H,3-5,7,9-10H2,1-2H3,(H,18,19);1H. The molecular formula is C15H25BrIN5. The Morgan fingerprint density at radius 3 is 2.91 bits per heavy atom. The van der Waals surface area contributed by atoms with Gasteiger partial charge < -0.3 is 14.8 Å². The summed E-state index contributed by atoms with van der Waals surface area (Å²) in [5, 5.41) is 3.38. The van der Waals surface area contributed by atoms with Gasteiger partial charge in [-0.15, -0.1) is 24.0 Å². The SMILES string of the molecule is C=C(Br)CN=C(NCC)N1CCC(C)C(n2ccnc2)C1.I. The zero-order chi connectivity index (χ0) is 15.2. The average Bonchev–Trinajstić information content (AvgIpc) is 2.98. The van der Waals surface area contributed by atoms with Crippen LogP contribution in [0.4, 0.5) is 0 Å². The minimum atomic E-state index is 0. The lowest BCUT2D eigenvalue weighted by molar-refractivity contribution is 0.189. The topological polar surface area (TPSA) is 45.5 Å². The quantitative estimate of drug-likeness (QED) is 0.408. The van der Waals surface area contributed by atoms with Crippen LogP contribution in [0.15, 0.2) is 34.8 Å². The third kappa shape index (κ3) is 5.26. The smallest absolute Gasteiger partial charge is 0.194 e. The van der Waals surface area contributed by atoms with Crippen LogP contribution in [0.3, 0.4) is 0 Å². The van der Waals surface area contributed by atoms with E-state index < -0.39 is 0 Å². The molecule has 1 fully saturated rings. The Morgan fingerprint density at radius 2 is 2.32 bits per heavy atom. The highest BCUT2D eigenvalue weighted by Gasteiger charge is 2.28. The summed E-state index contributed by atoms with van der Waals surface area (Å²) in [5.74, 6) is 1.61. The van der Waals surface area contributed by atoms with E-state index in [0.717, 1.165) is 36.5 Å². The van der Waals surface area contributed by atoms with Gasteiger partial charge in [-0.25, -0.2) is 9.98 Å². The molecule has 1 saturated heterocycles. The Morgan fingerprint density at radius 1 is 1.55 bits per heavy atom. The molecule has 124 valence electrons. The molecule has 0 aliphatic carbocycles. The van der Waals surface area contributed by atoms with Gasteiger partial charge in [-0.3, -0.25) is 0 Å². The number of nitrogens with zero attached hydrogens (tertiary/aromatic N) is 4. The molecule has 1 aliphatic rings. The Kier molecular flexibility index (Phi) is 8.45. The minimum absolute atomic E-state index is 0. The number of aliphatic imine (C=N–C) groups is 1. The monoisotopic (exact) mass is 481 g/mol. The molecule has 0 aromatic carbocycles. The summed E-state index contributed by atoms with van der Waals surface area (Å²) in [5.41, 5.74) is 0. The Hall–Kier alpha value is -0.570. The first-order valence-electron chi connectivity index (χ1n) is 7.45. The predicted octanol–water partition coefficient (Wildman–Crippen LogP) is 3.26. The molecule has 1 N–H and O–H groups in total. The van der Waals surface area contributed by atoms with E-state index in [1.807, 2.05) is 12.5 Å². The highest BCUT2D eigenvalue weighted by Crippen LogP contribution is 2.27. The van der Waals surface area contributed by atoms with E-state index in [9.17, 15) is 0 Å². The van der Waals surface area contributed by atoms with Crippen molar-refractivity contribution in [3.8, 4) is 0 Å². The molecule has 0 radical (unpaired) electrons. The van der Waals surface area contributed by atoms with Crippen molar-refractivity contribution in [2.45, 2.75) is 26.3 Å². The third-order valence-corrected chi connectivity index (χ3v) is 4.11. The predicted molar refractivity (Wildman–Crippen MR) is 106 cm³/mol. The molecule has 0 spiro atoms. The largest absolute Gasteiger partial charge is 0.357 e. The van der Waals surface area contributed by atoms with E-state index in [2.05, 4.69) is 67.3 Å². The lowest BCUT2D eigenvalue weighted by Crippen LogP contribution is -2.49. The fourth-order valence-corrected chi connectivity index (χ4v) is 2.81. The Balaban J connectivity index is 0.00000242. The minimum Gasteiger partial charge on any atom is -0.357 e. The van der Waals surface area contributed by atoms with Crippen molar-refractivity contribution in [2.24, 2.45) is 10.9 Å². The zero-order valence-corrected chi connectivity index (χ0v) is 17.1. The molecule has 1 aromatic rings. The normalized spacial score (nSPS) is 22.1. The first-order valence-corrected chi connectivity index (χ1v) is 8.25. The van der Waals surface area contributed by atoms with Crippen LogP contribution < -0.4 is 5.32 Å². The van der Waals surface area contributed by atoms with Crippen LogP contribution in [0.2, 0.25) is 0 Å². The summed E-state index contributed by atoms with van der Waals surface area (Å²) in [6.45, 7) is 11.7. The highest BCUT2D eigenvalue weighted by molar-refractivity contribution is 14.0. The summed E-state index contributed by atoms with van der Waals surface area (Å²) in [6.07, 6.45) is 6.96. The number of halogens is 2. The van der Waals surface area contributed by atoms with Gasteiger partial charge in [0.2, 0.25) is 0 Å². The summed E-state index contributed by atoms with van der Waals surface area (Å²) in [6, 6.07) is 0.442. The summed E-state index contributed by atoms with van der Waals surface area (Å²) in [4.78, 5) is 11.2. The molecule has 2 unspecified atom stereocenters. The second-order valence-corrected chi connectivity index (χ2v) is 6.60. The van der Waals surface area contributed by atoms with Gasteiger partial charge in [-0.1, -0.05) is 29.4 Å². The highest BCUT2D eigenvalue weighted by atomic mass is 127. The maximum Gasteiger partial charge on any atom is 0.194 e. The fraction of sp³-hybridized carbons (Fsp3) is 0.600. The van der Waals surface area contributed by atoms with Crippen molar-refractivity contribution >= 4 is 45.9 Å². The number of aromatic nitrogens is 2. The van der Waals surface area contributed by atoms with Crippen LogP contribution in [-0.2, 0) is 0 Å². The van der Waals surface area contributed by atoms with Crippen molar-refractivity contribution in [2.75, 3.05) is 26.2 Å². The molecule has 0 bridgehead atoms. The van der Waals surface area contributed by atoms with Crippen LogP contribution in [-0.4, -0.2) is 46.6 Å². The number of piperidine rings is 1. The molecule has 5 nitrogen and oxygen atoms in total. The van der Waals surface area contributed by atoms with Crippen LogP contribution in [0.5, 0.6) is 0 Å². The van der Waals surface area contributed by atoms with Crippen LogP contribution >= 0.6 is 39.9 Å². The number of imidazole rings is 1. The fourth-order valence-electron chi connectivity index (χ4n) is 2.68. The number of hydrogen-bond acceptors (Lipinski definition) is 2. The number of hydrogen-bond donors (Lipinski definition) is 1. The van der Waals surface area contributed by atoms with Crippen LogP contribution in [0.1, 0.15) is 26.3 Å². The molecule has 0 amide bonds. The molecule has 7 heteroatoms. The van der Waals surface area contributed by atoms with E-state index >= 15 is 0 Å². The summed E-state index contributed by atoms with van der Waals surface area (Å²) < 4.78 is 3.11. The number of rotatable bonds is 4. The zero-order valence-electron chi connectivity index (χ0n) is 13.2. The molecule has 2 heterocycles. The first-order chi connectivity index (χ1) is 10.1. The van der Waals surface area contributed by atoms with E-state index in [0.29, 0.717) is 18.5 Å².